The third-order valence-electron chi connectivity index (χ3n) is 7.29. The van der Waals surface area contributed by atoms with Gasteiger partial charge in [0.15, 0.2) is 5.75 Å². The molecule has 2 amide bonds. The van der Waals surface area contributed by atoms with Crippen LogP contribution in [0.5, 0.6) is 11.5 Å². The number of carbonyl (C=O) groups excluding carboxylic acids is 2. The van der Waals surface area contributed by atoms with Crippen LogP contribution in [0.3, 0.4) is 0 Å². The first-order valence-electron chi connectivity index (χ1n) is 11.9. The van der Waals surface area contributed by atoms with E-state index in [2.05, 4.69) is 10.4 Å². The molecular formula is C26H27N5O5. The summed E-state index contributed by atoms with van der Waals surface area (Å²) in [4.78, 5) is 27.6. The number of fused-ring (bicyclic) bond motifs is 2. The minimum absolute atomic E-state index is 0.143. The number of nitrogens with zero attached hydrogens (tertiary/aromatic N) is 4. The number of nitrogens with one attached hydrogen (secondary N) is 1. The number of hydrogen-bond acceptors (Lipinski definition) is 6. The number of aromatic nitrogens is 3. The molecule has 1 spiro atoms. The maximum absolute atomic E-state index is 13.6. The molecule has 36 heavy (non-hydrogen) atoms. The average Bonchev–Trinajstić information content (AvgIpc) is 3.48. The van der Waals surface area contributed by atoms with Gasteiger partial charge < -0.3 is 29.2 Å². The third kappa shape index (κ3) is 3.29. The first-order chi connectivity index (χ1) is 17.3. The van der Waals surface area contributed by atoms with Gasteiger partial charge in [0.2, 0.25) is 0 Å². The molecule has 4 aromatic heterocycles. The van der Waals surface area contributed by atoms with Crippen LogP contribution < -0.4 is 10.1 Å². The Kier molecular flexibility index (Phi) is 5.06. The van der Waals surface area contributed by atoms with Crippen molar-refractivity contribution in [3.8, 4) is 11.5 Å². The van der Waals surface area contributed by atoms with Crippen molar-refractivity contribution in [2.75, 3.05) is 26.8 Å². The lowest BCUT2D eigenvalue weighted by molar-refractivity contribution is -0.110. The summed E-state index contributed by atoms with van der Waals surface area (Å²) < 4.78 is 15.1. The molecule has 2 saturated heterocycles. The van der Waals surface area contributed by atoms with Gasteiger partial charge in [-0.15, -0.1) is 0 Å². The summed E-state index contributed by atoms with van der Waals surface area (Å²) in [5, 5.41) is 17.3. The molecule has 1 atom stereocenters. The average molecular weight is 490 g/mol. The predicted octanol–water partition coefficient (Wildman–Crippen LogP) is 2.33. The van der Waals surface area contributed by atoms with E-state index < -0.39 is 11.6 Å². The number of aliphatic hydroxyl groups is 1. The van der Waals surface area contributed by atoms with Crippen molar-refractivity contribution in [1.82, 2.24) is 24.2 Å². The maximum Gasteiger partial charge on any atom is 0.268 e. The van der Waals surface area contributed by atoms with Crippen molar-refractivity contribution < 1.29 is 24.2 Å². The smallest absolute Gasteiger partial charge is 0.268 e. The molecule has 186 valence electrons. The van der Waals surface area contributed by atoms with Crippen LogP contribution in [0.15, 0.2) is 42.9 Å². The highest BCUT2D eigenvalue weighted by Crippen LogP contribution is 2.38. The number of carbonyl (C=O) groups is 2. The number of β-amino-alcohol motifs (C(OH)–C–C–N with tert-alkyl or cyclic N) is 1. The van der Waals surface area contributed by atoms with E-state index in [4.69, 9.17) is 9.47 Å². The highest BCUT2D eigenvalue weighted by molar-refractivity contribution is 5.99. The van der Waals surface area contributed by atoms with Crippen LogP contribution in [0, 0.1) is 13.8 Å². The zero-order valence-electron chi connectivity index (χ0n) is 20.3. The Hall–Kier alpha value is -3.89. The van der Waals surface area contributed by atoms with E-state index >= 15 is 0 Å². The fourth-order valence-corrected chi connectivity index (χ4v) is 5.48. The van der Waals surface area contributed by atoms with Crippen LogP contribution in [0.1, 0.15) is 38.4 Å². The second-order valence-corrected chi connectivity index (χ2v) is 9.66. The lowest BCUT2D eigenvalue weighted by Crippen LogP contribution is -2.60. The SMILES string of the molecule is CNC(=O)c1c(C)cc2cc(Oc3ccnn4cc(C(=O)N5CC(O)CC56COC6)c(C)c34)ccn12. The van der Waals surface area contributed by atoms with Crippen LogP contribution in [-0.4, -0.2) is 74.3 Å². The second kappa shape index (κ2) is 8.07. The molecule has 2 fully saturated rings. The molecule has 4 aromatic rings. The van der Waals surface area contributed by atoms with Crippen LogP contribution in [0.25, 0.3) is 11.0 Å². The van der Waals surface area contributed by atoms with Crippen molar-refractivity contribution in [3.05, 3.63) is 65.2 Å². The van der Waals surface area contributed by atoms with Crippen molar-refractivity contribution in [2.24, 2.45) is 0 Å². The quantitative estimate of drug-likeness (QED) is 0.455. The Labute approximate surface area is 207 Å². The molecule has 2 N–H and O–H groups in total. The topological polar surface area (TPSA) is 110 Å². The molecule has 10 heteroatoms. The summed E-state index contributed by atoms with van der Waals surface area (Å²) in [6.45, 7) is 4.95. The van der Waals surface area contributed by atoms with Gasteiger partial charge in [-0.05, 0) is 37.1 Å². The summed E-state index contributed by atoms with van der Waals surface area (Å²) in [6, 6.07) is 7.36. The first kappa shape index (κ1) is 22.6. The van der Waals surface area contributed by atoms with Gasteiger partial charge in [-0.1, -0.05) is 0 Å². The molecule has 0 radical (unpaired) electrons. The number of hydrogen-bond donors (Lipinski definition) is 2. The molecular weight excluding hydrogens is 462 g/mol. The molecule has 6 rings (SSSR count). The number of ether oxygens (including phenoxy) is 2. The lowest BCUT2D eigenvalue weighted by atomic mass is 9.93. The second-order valence-electron chi connectivity index (χ2n) is 9.66. The number of aryl methyl sites for hydroxylation is 2. The third-order valence-corrected chi connectivity index (χ3v) is 7.29. The maximum atomic E-state index is 13.6. The van der Waals surface area contributed by atoms with E-state index in [9.17, 15) is 14.7 Å². The Morgan fingerprint density at radius 3 is 2.78 bits per heavy atom. The van der Waals surface area contributed by atoms with Crippen molar-refractivity contribution in [2.45, 2.75) is 31.9 Å². The van der Waals surface area contributed by atoms with Crippen LogP contribution in [0.2, 0.25) is 0 Å². The predicted molar refractivity (Wildman–Crippen MR) is 131 cm³/mol. The molecule has 0 aromatic carbocycles. The monoisotopic (exact) mass is 489 g/mol. The van der Waals surface area contributed by atoms with E-state index in [0.29, 0.717) is 54.5 Å². The van der Waals surface area contributed by atoms with E-state index in [1.807, 2.05) is 30.4 Å². The van der Waals surface area contributed by atoms with E-state index in [1.54, 1.807) is 47.2 Å². The largest absolute Gasteiger partial charge is 0.455 e. The lowest BCUT2D eigenvalue weighted by Gasteiger charge is -2.44. The summed E-state index contributed by atoms with van der Waals surface area (Å²) in [5.74, 6) is 0.858. The van der Waals surface area contributed by atoms with Crippen LogP contribution in [-0.2, 0) is 4.74 Å². The van der Waals surface area contributed by atoms with Gasteiger partial charge in [-0.2, -0.15) is 5.10 Å². The number of rotatable bonds is 4. The van der Waals surface area contributed by atoms with E-state index in [1.165, 1.54) is 0 Å². The molecule has 0 aliphatic carbocycles. The summed E-state index contributed by atoms with van der Waals surface area (Å²) in [6.07, 6.45) is 5.12. The first-order valence-corrected chi connectivity index (χ1v) is 11.9. The van der Waals surface area contributed by atoms with Gasteiger partial charge in [0.25, 0.3) is 11.8 Å². The van der Waals surface area contributed by atoms with Crippen molar-refractivity contribution >= 4 is 22.8 Å². The molecule has 2 aliphatic rings. The molecule has 0 saturated carbocycles. The summed E-state index contributed by atoms with van der Waals surface area (Å²) >= 11 is 0. The highest BCUT2D eigenvalue weighted by atomic mass is 16.5. The standard InChI is InChI=1S/C26H27N5O5/c1-15-8-17-9-19(5-7-29(17)22(15)24(33)27-3)36-21-4-6-28-31-12-20(16(2)23(21)31)25(34)30-11-18(32)10-26(30)13-35-14-26/h4-9,12,18,32H,10-11,13-14H2,1-3H3,(H,27,33). The van der Waals surface area contributed by atoms with E-state index in [0.717, 1.165) is 16.6 Å². The van der Waals surface area contributed by atoms with Crippen LogP contribution in [0.4, 0.5) is 0 Å². The number of aliphatic hydroxyl groups excluding tert-OH is 1. The molecule has 1 unspecified atom stereocenters. The summed E-state index contributed by atoms with van der Waals surface area (Å²) in [5.41, 5.74) is 3.81. The van der Waals surface area contributed by atoms with Gasteiger partial charge in [-0.3, -0.25) is 9.59 Å². The van der Waals surface area contributed by atoms with Gasteiger partial charge in [0.05, 0.1) is 36.6 Å². The van der Waals surface area contributed by atoms with E-state index in [-0.39, 0.29) is 11.8 Å². The number of likely N-dealkylation sites (tertiary alicyclic amines) is 1. The van der Waals surface area contributed by atoms with Gasteiger partial charge in [0.1, 0.15) is 17.0 Å². The van der Waals surface area contributed by atoms with Crippen molar-refractivity contribution in [3.63, 3.8) is 0 Å². The Bertz CT molecular complexity index is 1530. The minimum Gasteiger partial charge on any atom is -0.455 e. The number of pyridine rings is 1. The van der Waals surface area contributed by atoms with Gasteiger partial charge >= 0.3 is 0 Å². The summed E-state index contributed by atoms with van der Waals surface area (Å²) in [7, 11) is 1.61. The van der Waals surface area contributed by atoms with Gasteiger partial charge in [0, 0.05) is 50.1 Å². The Morgan fingerprint density at radius 1 is 1.25 bits per heavy atom. The highest BCUT2D eigenvalue weighted by Gasteiger charge is 2.53. The Balaban J connectivity index is 1.35. The zero-order chi connectivity index (χ0) is 25.2. The molecule has 0 bridgehead atoms. The molecule has 6 heterocycles. The normalized spacial score (nSPS) is 18.7. The zero-order valence-corrected chi connectivity index (χ0v) is 20.3. The fourth-order valence-electron chi connectivity index (χ4n) is 5.48. The Morgan fingerprint density at radius 2 is 2.06 bits per heavy atom. The molecule has 2 aliphatic heterocycles. The van der Waals surface area contributed by atoms with Crippen molar-refractivity contribution in [1.29, 1.82) is 0 Å². The molecule has 10 nitrogen and oxygen atoms in total. The van der Waals surface area contributed by atoms with Crippen LogP contribution >= 0.6 is 0 Å². The minimum atomic E-state index is -0.552. The van der Waals surface area contributed by atoms with Gasteiger partial charge in [-0.25, -0.2) is 4.52 Å². The fraction of sp³-hybridized carbons (Fsp3) is 0.346. The number of amides is 2.